The van der Waals surface area contributed by atoms with E-state index in [-0.39, 0.29) is 30.6 Å². The molecule has 3 aliphatic rings. The molecule has 1 saturated heterocycles. The van der Waals surface area contributed by atoms with Gasteiger partial charge in [-0.15, -0.1) is 0 Å². The zero-order chi connectivity index (χ0) is 17.9. The minimum Gasteiger partial charge on any atom is -0.490 e. The number of carbonyl (C=O) groups is 2. The molecule has 0 aromatic heterocycles. The van der Waals surface area contributed by atoms with Gasteiger partial charge in [-0.2, -0.15) is 0 Å². The van der Waals surface area contributed by atoms with E-state index in [4.69, 9.17) is 9.47 Å². The van der Waals surface area contributed by atoms with Gasteiger partial charge in [0.05, 0.1) is 19.8 Å². The Balaban J connectivity index is 1.39. The molecule has 1 aromatic rings. The highest BCUT2D eigenvalue weighted by Gasteiger charge is 2.29. The van der Waals surface area contributed by atoms with Crippen molar-refractivity contribution in [1.82, 2.24) is 15.5 Å². The Kier molecular flexibility index (Phi) is 4.97. The van der Waals surface area contributed by atoms with Crippen molar-refractivity contribution in [3.63, 3.8) is 0 Å². The smallest absolute Gasteiger partial charge is 0.321 e. The van der Waals surface area contributed by atoms with E-state index in [1.807, 2.05) is 18.2 Å². The number of fused-ring (bicyclic) bond motifs is 1. The second-order valence-electron chi connectivity index (χ2n) is 7.18. The van der Waals surface area contributed by atoms with E-state index in [2.05, 4.69) is 15.5 Å². The van der Waals surface area contributed by atoms with Crippen LogP contribution in [0.2, 0.25) is 0 Å². The summed E-state index contributed by atoms with van der Waals surface area (Å²) < 4.78 is 11.5. The summed E-state index contributed by atoms with van der Waals surface area (Å²) in [5, 5.41) is 5.21. The van der Waals surface area contributed by atoms with Crippen LogP contribution in [0, 0.1) is 0 Å². The van der Waals surface area contributed by atoms with Crippen LogP contribution in [0.1, 0.15) is 43.7 Å². The Hall–Kier alpha value is -2.28. The van der Waals surface area contributed by atoms with E-state index < -0.39 is 0 Å². The van der Waals surface area contributed by atoms with Crippen molar-refractivity contribution in [3.05, 3.63) is 23.8 Å². The molecule has 3 amide bonds. The van der Waals surface area contributed by atoms with E-state index in [0.29, 0.717) is 13.2 Å². The average Bonchev–Trinajstić information content (AvgIpc) is 3.36. The zero-order valence-electron chi connectivity index (χ0n) is 14.8. The second kappa shape index (κ2) is 7.53. The molecule has 0 radical (unpaired) electrons. The molecule has 1 aromatic carbocycles. The summed E-state index contributed by atoms with van der Waals surface area (Å²) in [4.78, 5) is 26.1. The van der Waals surface area contributed by atoms with Crippen LogP contribution in [0.15, 0.2) is 18.2 Å². The van der Waals surface area contributed by atoms with E-state index in [1.165, 1.54) is 0 Å². The van der Waals surface area contributed by atoms with Gasteiger partial charge in [0, 0.05) is 18.5 Å². The maximum Gasteiger partial charge on any atom is 0.321 e. The van der Waals surface area contributed by atoms with Crippen molar-refractivity contribution in [2.75, 3.05) is 26.3 Å². The number of amides is 3. The summed E-state index contributed by atoms with van der Waals surface area (Å²) >= 11 is 0. The van der Waals surface area contributed by atoms with Crippen molar-refractivity contribution in [2.24, 2.45) is 0 Å². The highest BCUT2D eigenvalue weighted by atomic mass is 16.5. The molecule has 1 aliphatic carbocycles. The number of benzene rings is 1. The summed E-state index contributed by atoms with van der Waals surface area (Å²) in [5.74, 6) is 1.30. The molecular formula is C19H25N3O4. The Bertz CT molecular complexity index is 689. The summed E-state index contributed by atoms with van der Waals surface area (Å²) in [5.41, 5.74) is 1.13. The summed E-state index contributed by atoms with van der Waals surface area (Å²) in [6.07, 6.45) is 4.89. The number of nitrogens with zero attached hydrogens (tertiary/aromatic N) is 1. The van der Waals surface area contributed by atoms with Gasteiger partial charge in [0.15, 0.2) is 11.5 Å². The predicted molar refractivity (Wildman–Crippen MR) is 95.3 cm³/mol. The molecule has 1 saturated carbocycles. The van der Waals surface area contributed by atoms with Crippen molar-refractivity contribution < 1.29 is 19.1 Å². The number of hydrogen-bond acceptors (Lipinski definition) is 5. The van der Waals surface area contributed by atoms with E-state index in [0.717, 1.165) is 55.7 Å². The Morgan fingerprint density at radius 2 is 1.88 bits per heavy atom. The highest BCUT2D eigenvalue weighted by molar-refractivity contribution is 5.95. The molecule has 1 atom stereocenters. The van der Waals surface area contributed by atoms with Gasteiger partial charge in [0.25, 0.3) is 0 Å². The van der Waals surface area contributed by atoms with Gasteiger partial charge < -0.3 is 14.8 Å². The van der Waals surface area contributed by atoms with Crippen molar-refractivity contribution in [1.29, 1.82) is 0 Å². The molecule has 2 N–H and O–H groups in total. The largest absolute Gasteiger partial charge is 0.490 e. The first kappa shape index (κ1) is 17.1. The first-order valence-electron chi connectivity index (χ1n) is 9.43. The van der Waals surface area contributed by atoms with Gasteiger partial charge >= 0.3 is 6.03 Å². The van der Waals surface area contributed by atoms with Crippen molar-refractivity contribution >= 4 is 11.9 Å². The molecule has 2 fully saturated rings. The molecule has 0 unspecified atom stereocenters. The fourth-order valence-corrected chi connectivity index (χ4v) is 3.58. The molecule has 7 heteroatoms. The average molecular weight is 359 g/mol. The summed E-state index contributed by atoms with van der Waals surface area (Å²) in [7, 11) is 0. The number of ether oxygens (including phenoxy) is 2. The number of urea groups is 1. The fourth-order valence-electron chi connectivity index (χ4n) is 3.58. The third-order valence-corrected chi connectivity index (χ3v) is 5.03. The third kappa shape index (κ3) is 4.09. The third-order valence-electron chi connectivity index (χ3n) is 5.03. The molecule has 26 heavy (non-hydrogen) atoms. The maximum atomic E-state index is 12.2. The molecule has 140 valence electrons. The van der Waals surface area contributed by atoms with E-state index >= 15 is 0 Å². The van der Waals surface area contributed by atoms with Crippen LogP contribution in [0.5, 0.6) is 11.5 Å². The summed E-state index contributed by atoms with van der Waals surface area (Å²) in [6.45, 7) is 2.39. The minimum absolute atomic E-state index is 0.157. The highest BCUT2D eigenvalue weighted by Crippen LogP contribution is 2.37. The van der Waals surface area contributed by atoms with Crippen LogP contribution in [-0.4, -0.2) is 49.2 Å². The first-order valence-corrected chi connectivity index (χ1v) is 9.43. The lowest BCUT2D eigenvalue weighted by Gasteiger charge is -2.24. The van der Waals surface area contributed by atoms with Crippen LogP contribution in [0.3, 0.4) is 0 Å². The topological polar surface area (TPSA) is 79.9 Å². The first-order chi connectivity index (χ1) is 12.7. The quantitative estimate of drug-likeness (QED) is 0.859. The fraction of sp³-hybridized carbons (Fsp3) is 0.579. The number of rotatable bonds is 4. The van der Waals surface area contributed by atoms with Crippen molar-refractivity contribution in [2.45, 2.75) is 44.2 Å². The number of imide groups is 1. The number of likely N-dealkylation sites (tertiary alicyclic amines) is 1. The molecule has 2 heterocycles. The lowest BCUT2D eigenvalue weighted by atomic mass is 10.0. The van der Waals surface area contributed by atoms with Crippen LogP contribution in [0.25, 0.3) is 0 Å². The molecular weight excluding hydrogens is 334 g/mol. The number of carbonyl (C=O) groups excluding carboxylic acids is 2. The maximum absolute atomic E-state index is 12.2. The lowest BCUT2D eigenvalue weighted by molar-refractivity contribution is -0.121. The van der Waals surface area contributed by atoms with E-state index in [9.17, 15) is 9.59 Å². The zero-order valence-corrected chi connectivity index (χ0v) is 14.8. The molecule has 2 aliphatic heterocycles. The SMILES string of the molecule is O=C(CN1CCC[C@@H]1c1ccc2c(c1)OCCCO2)NC(=O)NC1CC1. The van der Waals surface area contributed by atoms with Gasteiger partial charge in [-0.05, 0) is 49.9 Å². The lowest BCUT2D eigenvalue weighted by Crippen LogP contribution is -2.45. The number of hydrogen-bond donors (Lipinski definition) is 2. The van der Waals surface area contributed by atoms with Crippen molar-refractivity contribution in [3.8, 4) is 11.5 Å². The molecule has 0 spiro atoms. The standard InChI is InChI=1S/C19H25N3O4/c23-18(21-19(24)20-14-5-6-14)12-22-8-1-3-15(22)13-4-7-16-17(11-13)26-10-2-9-25-16/h4,7,11,14-15H,1-3,5-6,8-10,12H2,(H2,20,21,23,24)/t15-/m1/s1. The van der Waals surface area contributed by atoms with Crippen LogP contribution in [-0.2, 0) is 4.79 Å². The summed E-state index contributed by atoms with van der Waals surface area (Å²) in [6, 6.07) is 6.04. The van der Waals surface area contributed by atoms with Gasteiger partial charge in [0.2, 0.25) is 5.91 Å². The van der Waals surface area contributed by atoms with Crippen LogP contribution < -0.4 is 20.1 Å². The number of nitrogens with one attached hydrogen (secondary N) is 2. The van der Waals surface area contributed by atoms with Gasteiger partial charge in [-0.25, -0.2) is 4.79 Å². The molecule has 7 nitrogen and oxygen atoms in total. The van der Waals surface area contributed by atoms with Gasteiger partial charge in [-0.3, -0.25) is 15.0 Å². The molecule has 0 bridgehead atoms. The Labute approximate surface area is 153 Å². The monoisotopic (exact) mass is 359 g/mol. The predicted octanol–water partition coefficient (Wildman–Crippen LogP) is 1.97. The Morgan fingerprint density at radius 1 is 1.08 bits per heavy atom. The normalized spacial score (nSPS) is 22.5. The Morgan fingerprint density at radius 3 is 2.69 bits per heavy atom. The van der Waals surface area contributed by atoms with Gasteiger partial charge in [-0.1, -0.05) is 6.07 Å². The van der Waals surface area contributed by atoms with Crippen LogP contribution in [0.4, 0.5) is 4.79 Å². The molecule has 4 rings (SSSR count). The second-order valence-corrected chi connectivity index (χ2v) is 7.18. The minimum atomic E-state index is -0.385. The van der Waals surface area contributed by atoms with E-state index in [1.54, 1.807) is 0 Å². The van der Waals surface area contributed by atoms with Crippen LogP contribution >= 0.6 is 0 Å². The van der Waals surface area contributed by atoms with Gasteiger partial charge in [0.1, 0.15) is 0 Å².